The summed E-state index contributed by atoms with van der Waals surface area (Å²) in [6, 6.07) is 18.2. The second-order valence-electron chi connectivity index (χ2n) is 7.02. The van der Waals surface area contributed by atoms with Gasteiger partial charge in [-0.3, -0.25) is 25.0 Å². The molecule has 3 aromatic carbocycles. The fourth-order valence-electron chi connectivity index (χ4n) is 3.36. The van der Waals surface area contributed by atoms with Crippen LogP contribution in [0.5, 0.6) is 5.88 Å². The lowest BCUT2D eigenvalue weighted by Crippen LogP contribution is -1.98. The zero-order valence-electron chi connectivity index (χ0n) is 16.9. The number of benzene rings is 3. The van der Waals surface area contributed by atoms with Crippen LogP contribution in [0.1, 0.15) is 15.9 Å². The van der Waals surface area contributed by atoms with Crippen LogP contribution < -0.4 is 0 Å². The van der Waals surface area contributed by atoms with Gasteiger partial charge in [0.25, 0.3) is 17.3 Å². The number of fused-ring (bicyclic) bond motifs is 1. The molecule has 4 aromatic rings. The number of nitro benzene ring substituents is 2. The maximum atomic E-state index is 12.4. The van der Waals surface area contributed by atoms with Gasteiger partial charge in [0, 0.05) is 29.7 Å². The summed E-state index contributed by atoms with van der Waals surface area (Å²) >= 11 is 0. The molecule has 0 spiro atoms. The van der Waals surface area contributed by atoms with E-state index in [4.69, 9.17) is 0 Å². The van der Waals surface area contributed by atoms with Crippen LogP contribution in [0.15, 0.2) is 83.0 Å². The monoisotopic (exact) mass is 445 g/mol. The molecule has 4 rings (SSSR count). The molecule has 1 heterocycles. The summed E-state index contributed by atoms with van der Waals surface area (Å²) < 4.78 is 1.50. The first kappa shape index (κ1) is 21.3. The smallest absolute Gasteiger partial charge is 0.295 e. The van der Waals surface area contributed by atoms with E-state index in [1.54, 1.807) is 0 Å². The Labute approximate surface area is 185 Å². The molecule has 1 aromatic heterocycles. The van der Waals surface area contributed by atoms with Gasteiger partial charge < -0.3 is 9.67 Å². The third-order valence-corrected chi connectivity index (χ3v) is 4.93. The minimum Gasteiger partial charge on any atom is -0.493 e. The van der Waals surface area contributed by atoms with Crippen LogP contribution in [-0.4, -0.2) is 25.4 Å². The van der Waals surface area contributed by atoms with Crippen LogP contribution in [0, 0.1) is 20.2 Å². The minimum atomic E-state index is -0.868. The SMILES string of the molecule is O=C(N=Nc1c(O)n(Cc2ccccc2)c2ccc([N+](=O)[O-])cc12)c1cccc([N+](=O)[O-])c1. The van der Waals surface area contributed by atoms with Crippen molar-refractivity contribution in [3.63, 3.8) is 0 Å². The summed E-state index contributed by atoms with van der Waals surface area (Å²) in [7, 11) is 0. The van der Waals surface area contributed by atoms with E-state index in [0.29, 0.717) is 5.52 Å². The molecule has 0 saturated carbocycles. The van der Waals surface area contributed by atoms with Crippen molar-refractivity contribution in [1.82, 2.24) is 4.57 Å². The molecule has 164 valence electrons. The van der Waals surface area contributed by atoms with Crippen molar-refractivity contribution in [1.29, 1.82) is 0 Å². The van der Waals surface area contributed by atoms with E-state index >= 15 is 0 Å². The van der Waals surface area contributed by atoms with E-state index in [0.717, 1.165) is 11.6 Å². The van der Waals surface area contributed by atoms with Crippen molar-refractivity contribution in [3.8, 4) is 5.88 Å². The van der Waals surface area contributed by atoms with E-state index in [1.165, 1.54) is 41.0 Å². The molecule has 0 radical (unpaired) electrons. The van der Waals surface area contributed by atoms with Gasteiger partial charge in [-0.15, -0.1) is 10.2 Å². The van der Waals surface area contributed by atoms with Crippen LogP contribution in [0.2, 0.25) is 0 Å². The highest BCUT2D eigenvalue weighted by Crippen LogP contribution is 2.41. The van der Waals surface area contributed by atoms with Crippen LogP contribution in [0.4, 0.5) is 17.1 Å². The molecule has 0 fully saturated rings. The molecule has 0 bridgehead atoms. The molecule has 0 aliphatic heterocycles. The summed E-state index contributed by atoms with van der Waals surface area (Å²) in [4.78, 5) is 33.4. The molecule has 0 aliphatic carbocycles. The number of rotatable bonds is 6. The summed E-state index contributed by atoms with van der Waals surface area (Å²) in [6.07, 6.45) is 0. The molecule has 0 aliphatic rings. The lowest BCUT2D eigenvalue weighted by atomic mass is 10.2. The van der Waals surface area contributed by atoms with Gasteiger partial charge in [0.15, 0.2) is 5.69 Å². The highest BCUT2D eigenvalue weighted by atomic mass is 16.6. The Bertz CT molecular complexity index is 1430. The van der Waals surface area contributed by atoms with Gasteiger partial charge in [0.1, 0.15) is 0 Å². The number of hydrogen-bond acceptors (Lipinski definition) is 7. The molecule has 33 heavy (non-hydrogen) atoms. The van der Waals surface area contributed by atoms with Crippen LogP contribution >= 0.6 is 0 Å². The van der Waals surface area contributed by atoms with E-state index in [9.17, 15) is 30.1 Å². The second kappa shape index (κ2) is 8.67. The number of aromatic nitrogens is 1. The first-order valence-electron chi connectivity index (χ1n) is 9.59. The van der Waals surface area contributed by atoms with Crippen LogP contribution in [0.3, 0.4) is 0 Å². The average Bonchev–Trinajstić information content (AvgIpc) is 3.08. The van der Waals surface area contributed by atoms with E-state index in [2.05, 4.69) is 10.2 Å². The maximum absolute atomic E-state index is 12.4. The first-order valence-corrected chi connectivity index (χ1v) is 9.59. The molecule has 11 heteroatoms. The topological polar surface area (TPSA) is 153 Å². The molecule has 0 unspecified atom stereocenters. The quantitative estimate of drug-likeness (QED) is 0.246. The predicted molar refractivity (Wildman–Crippen MR) is 118 cm³/mol. The Kier molecular flexibility index (Phi) is 5.60. The summed E-state index contributed by atoms with van der Waals surface area (Å²) in [5.74, 6) is -1.20. The number of non-ortho nitro benzene ring substituents is 2. The fraction of sp³-hybridized carbons (Fsp3) is 0.0455. The number of aromatic hydroxyl groups is 1. The van der Waals surface area contributed by atoms with E-state index in [-0.39, 0.29) is 40.4 Å². The first-order chi connectivity index (χ1) is 15.8. The van der Waals surface area contributed by atoms with Gasteiger partial charge in [0.05, 0.1) is 27.5 Å². The van der Waals surface area contributed by atoms with Crippen molar-refractivity contribution < 1.29 is 19.7 Å². The number of carbonyl (C=O) groups excluding carboxylic acids is 1. The van der Waals surface area contributed by atoms with Gasteiger partial charge >= 0.3 is 0 Å². The second-order valence-corrected chi connectivity index (χ2v) is 7.02. The highest BCUT2D eigenvalue weighted by molar-refractivity contribution is 5.98. The van der Waals surface area contributed by atoms with Crippen molar-refractivity contribution in [2.75, 3.05) is 0 Å². The molecule has 0 atom stereocenters. The standard InChI is InChI=1S/C22H15N5O6/c28-21(15-7-4-8-16(11-15)26(30)31)24-23-20-18-12-17(27(32)33)9-10-19(18)25(22(20)29)13-14-5-2-1-3-6-14/h1-12,29H,13H2. The predicted octanol–water partition coefficient (Wildman–Crippen LogP) is 5.14. The van der Waals surface area contributed by atoms with Gasteiger partial charge in [-0.25, -0.2) is 0 Å². The van der Waals surface area contributed by atoms with Crippen LogP contribution in [-0.2, 0) is 6.54 Å². The van der Waals surface area contributed by atoms with Gasteiger partial charge in [-0.05, 0) is 17.7 Å². The maximum Gasteiger partial charge on any atom is 0.295 e. The fourth-order valence-corrected chi connectivity index (χ4v) is 3.36. The highest BCUT2D eigenvalue weighted by Gasteiger charge is 2.20. The molecule has 0 saturated heterocycles. The molecular formula is C22H15N5O6. The molecule has 1 N–H and O–H groups in total. The van der Waals surface area contributed by atoms with Crippen molar-refractivity contribution in [3.05, 3.63) is 104 Å². The Morgan fingerprint density at radius 3 is 2.30 bits per heavy atom. The lowest BCUT2D eigenvalue weighted by Gasteiger charge is -2.07. The summed E-state index contributed by atoms with van der Waals surface area (Å²) in [5.41, 5.74) is 0.627. The third kappa shape index (κ3) is 4.28. The Hall–Kier alpha value is -4.93. The normalized spacial score (nSPS) is 11.2. The molecule has 11 nitrogen and oxygen atoms in total. The Morgan fingerprint density at radius 1 is 0.909 bits per heavy atom. The van der Waals surface area contributed by atoms with Gasteiger partial charge in [-0.1, -0.05) is 36.4 Å². The van der Waals surface area contributed by atoms with Gasteiger partial charge in [-0.2, -0.15) is 0 Å². The number of carbonyl (C=O) groups is 1. The number of hydrogen-bond donors (Lipinski definition) is 1. The third-order valence-electron chi connectivity index (χ3n) is 4.93. The summed E-state index contributed by atoms with van der Waals surface area (Å²) in [5, 5.41) is 40.7. The lowest BCUT2D eigenvalue weighted by molar-refractivity contribution is -0.385. The summed E-state index contributed by atoms with van der Waals surface area (Å²) in [6.45, 7) is 0.245. The Morgan fingerprint density at radius 2 is 1.61 bits per heavy atom. The van der Waals surface area contributed by atoms with Gasteiger partial charge in [0.2, 0.25) is 5.88 Å². The zero-order chi connectivity index (χ0) is 23.5. The Balaban J connectivity index is 1.78. The average molecular weight is 445 g/mol. The van der Waals surface area contributed by atoms with Crippen molar-refractivity contribution >= 4 is 33.9 Å². The van der Waals surface area contributed by atoms with Crippen molar-refractivity contribution in [2.24, 2.45) is 10.2 Å². The number of nitro groups is 2. The number of amides is 1. The largest absolute Gasteiger partial charge is 0.493 e. The molecular weight excluding hydrogens is 430 g/mol. The van der Waals surface area contributed by atoms with E-state index < -0.39 is 15.8 Å². The molecule has 1 amide bonds. The minimum absolute atomic E-state index is 0.0635. The zero-order valence-corrected chi connectivity index (χ0v) is 16.9. The number of nitrogens with zero attached hydrogens (tertiary/aromatic N) is 5. The number of azo groups is 1. The van der Waals surface area contributed by atoms with Crippen LogP contribution in [0.25, 0.3) is 10.9 Å². The van der Waals surface area contributed by atoms with E-state index in [1.807, 2.05) is 30.3 Å². The van der Waals surface area contributed by atoms with Crippen molar-refractivity contribution in [2.45, 2.75) is 6.54 Å².